The van der Waals surface area contributed by atoms with Crippen molar-refractivity contribution in [2.24, 2.45) is 0 Å². The molecule has 0 bridgehead atoms. The number of furan rings is 1. The highest BCUT2D eigenvalue weighted by Gasteiger charge is 2.28. The number of piperidine rings is 1. The number of nitrogens with zero attached hydrogens (tertiary/aromatic N) is 2. The second kappa shape index (κ2) is 8.76. The summed E-state index contributed by atoms with van der Waals surface area (Å²) < 4.78 is 12.8. The summed E-state index contributed by atoms with van der Waals surface area (Å²) in [5.41, 5.74) is 0.151. The van der Waals surface area contributed by atoms with E-state index >= 15 is 0 Å². The molecule has 7 heteroatoms. The lowest BCUT2D eigenvalue weighted by Gasteiger charge is -2.34. The molecule has 1 atom stereocenters. The standard InChI is InChI=1S/C22H31N3O4/c1-16(15-18-7-6-14-28-18)23-20(26)19-8-5-11-25(19)17-9-12-24(13-10-17)21(27)29-22(2,3)4/h5-8,11,14,16-17H,9-10,12-13,15H2,1-4H3,(H,23,26). The second-order valence-electron chi connectivity index (χ2n) is 8.66. The molecule has 0 radical (unpaired) electrons. The molecule has 1 aliphatic rings. The number of nitrogens with one attached hydrogen (secondary N) is 1. The van der Waals surface area contributed by atoms with E-state index in [4.69, 9.17) is 9.15 Å². The van der Waals surface area contributed by atoms with Crippen LogP contribution in [0.25, 0.3) is 0 Å². The highest BCUT2D eigenvalue weighted by molar-refractivity contribution is 5.93. The highest BCUT2D eigenvalue weighted by Crippen LogP contribution is 2.26. The molecule has 0 aromatic carbocycles. The Morgan fingerprint density at radius 1 is 1.24 bits per heavy atom. The molecule has 1 N–H and O–H groups in total. The smallest absolute Gasteiger partial charge is 0.410 e. The Morgan fingerprint density at radius 3 is 2.59 bits per heavy atom. The van der Waals surface area contributed by atoms with Crippen molar-refractivity contribution in [1.82, 2.24) is 14.8 Å². The van der Waals surface area contributed by atoms with Crippen molar-refractivity contribution in [2.45, 2.75) is 64.6 Å². The van der Waals surface area contributed by atoms with Gasteiger partial charge in [-0.05, 0) is 64.8 Å². The third-order valence-electron chi connectivity index (χ3n) is 4.99. The highest BCUT2D eigenvalue weighted by atomic mass is 16.6. The van der Waals surface area contributed by atoms with E-state index < -0.39 is 5.60 Å². The fourth-order valence-electron chi connectivity index (χ4n) is 3.64. The number of carbonyl (C=O) groups is 2. The van der Waals surface area contributed by atoms with E-state index in [2.05, 4.69) is 5.32 Å². The topological polar surface area (TPSA) is 76.7 Å². The molecule has 1 unspecified atom stereocenters. The van der Waals surface area contributed by atoms with Crippen molar-refractivity contribution in [3.8, 4) is 0 Å². The zero-order chi connectivity index (χ0) is 21.0. The zero-order valence-electron chi connectivity index (χ0n) is 17.7. The van der Waals surface area contributed by atoms with Crippen molar-refractivity contribution in [1.29, 1.82) is 0 Å². The molecule has 2 aromatic rings. The summed E-state index contributed by atoms with van der Waals surface area (Å²) in [6.07, 6.45) is 5.53. The van der Waals surface area contributed by atoms with Crippen molar-refractivity contribution in [3.05, 3.63) is 48.2 Å². The number of hydrogen-bond donors (Lipinski definition) is 1. The van der Waals surface area contributed by atoms with Crippen LogP contribution >= 0.6 is 0 Å². The monoisotopic (exact) mass is 401 g/mol. The number of ether oxygens (including phenoxy) is 1. The van der Waals surface area contributed by atoms with Crippen LogP contribution in [0.3, 0.4) is 0 Å². The van der Waals surface area contributed by atoms with Crippen molar-refractivity contribution >= 4 is 12.0 Å². The Hall–Kier alpha value is -2.70. The number of hydrogen-bond acceptors (Lipinski definition) is 4. The lowest BCUT2D eigenvalue weighted by Crippen LogP contribution is -2.42. The van der Waals surface area contributed by atoms with Crippen LogP contribution in [0.4, 0.5) is 4.79 Å². The van der Waals surface area contributed by atoms with E-state index in [9.17, 15) is 9.59 Å². The molecule has 1 fully saturated rings. The first-order valence-corrected chi connectivity index (χ1v) is 10.2. The van der Waals surface area contributed by atoms with Gasteiger partial charge in [-0.15, -0.1) is 0 Å². The third kappa shape index (κ3) is 5.65. The Labute approximate surface area is 172 Å². The molecular formula is C22H31N3O4. The predicted molar refractivity (Wildman–Crippen MR) is 110 cm³/mol. The molecule has 0 saturated carbocycles. The molecule has 0 spiro atoms. The first kappa shape index (κ1) is 21.0. The lowest BCUT2D eigenvalue weighted by atomic mass is 10.0. The summed E-state index contributed by atoms with van der Waals surface area (Å²) in [6.45, 7) is 8.81. The largest absolute Gasteiger partial charge is 0.469 e. The van der Waals surface area contributed by atoms with E-state index in [1.165, 1.54) is 0 Å². The van der Waals surface area contributed by atoms with Gasteiger partial charge in [0.15, 0.2) is 0 Å². The maximum absolute atomic E-state index is 12.8. The molecule has 0 aliphatic carbocycles. The molecule has 1 saturated heterocycles. The molecule has 2 amide bonds. The molecular weight excluding hydrogens is 370 g/mol. The fraction of sp³-hybridized carbons (Fsp3) is 0.545. The van der Waals surface area contributed by atoms with Crippen LogP contribution in [0.1, 0.15) is 62.8 Å². The number of amides is 2. The fourth-order valence-corrected chi connectivity index (χ4v) is 3.64. The maximum atomic E-state index is 12.8. The molecule has 1 aliphatic heterocycles. The molecule has 3 rings (SSSR count). The van der Waals surface area contributed by atoms with E-state index in [0.29, 0.717) is 25.2 Å². The van der Waals surface area contributed by atoms with Gasteiger partial charge >= 0.3 is 6.09 Å². The quantitative estimate of drug-likeness (QED) is 0.821. The van der Waals surface area contributed by atoms with Crippen LogP contribution < -0.4 is 5.32 Å². The van der Waals surface area contributed by atoms with Crippen LogP contribution in [0.2, 0.25) is 0 Å². The van der Waals surface area contributed by atoms with Crippen molar-refractivity contribution in [2.75, 3.05) is 13.1 Å². The van der Waals surface area contributed by atoms with Gasteiger partial charge in [0.2, 0.25) is 0 Å². The predicted octanol–water partition coefficient (Wildman–Crippen LogP) is 4.01. The molecule has 7 nitrogen and oxygen atoms in total. The molecule has 29 heavy (non-hydrogen) atoms. The van der Waals surface area contributed by atoms with Gasteiger partial charge in [0.05, 0.1) is 6.26 Å². The Balaban J connectivity index is 1.56. The van der Waals surface area contributed by atoms with Crippen molar-refractivity contribution < 1.29 is 18.7 Å². The number of aromatic nitrogens is 1. The zero-order valence-corrected chi connectivity index (χ0v) is 17.7. The molecule has 3 heterocycles. The summed E-state index contributed by atoms with van der Waals surface area (Å²) in [6, 6.07) is 7.64. The van der Waals surface area contributed by atoms with Gasteiger partial charge in [0.25, 0.3) is 5.91 Å². The summed E-state index contributed by atoms with van der Waals surface area (Å²) in [5, 5.41) is 3.05. The first-order valence-electron chi connectivity index (χ1n) is 10.2. The van der Waals surface area contributed by atoms with Crippen LogP contribution in [0.15, 0.2) is 41.1 Å². The second-order valence-corrected chi connectivity index (χ2v) is 8.66. The minimum Gasteiger partial charge on any atom is -0.469 e. The van der Waals surface area contributed by atoms with Gasteiger partial charge in [-0.25, -0.2) is 4.79 Å². The van der Waals surface area contributed by atoms with Crippen LogP contribution in [-0.2, 0) is 11.2 Å². The molecule has 2 aromatic heterocycles. The van der Waals surface area contributed by atoms with Crippen LogP contribution in [0.5, 0.6) is 0 Å². The normalized spacial score (nSPS) is 16.5. The van der Waals surface area contributed by atoms with Crippen LogP contribution in [-0.4, -0.2) is 46.2 Å². The molecule has 158 valence electrons. The van der Waals surface area contributed by atoms with E-state index in [1.807, 2.05) is 62.7 Å². The Morgan fingerprint density at radius 2 is 1.97 bits per heavy atom. The third-order valence-corrected chi connectivity index (χ3v) is 4.99. The van der Waals surface area contributed by atoms with Gasteiger partial charge in [-0.3, -0.25) is 4.79 Å². The van der Waals surface area contributed by atoms with Gasteiger partial charge in [0.1, 0.15) is 17.1 Å². The van der Waals surface area contributed by atoms with E-state index in [1.54, 1.807) is 11.2 Å². The summed E-state index contributed by atoms with van der Waals surface area (Å²) in [7, 11) is 0. The lowest BCUT2D eigenvalue weighted by molar-refractivity contribution is 0.0187. The number of carbonyl (C=O) groups excluding carboxylic acids is 2. The maximum Gasteiger partial charge on any atom is 0.410 e. The van der Waals surface area contributed by atoms with Gasteiger partial charge < -0.3 is 23.9 Å². The van der Waals surface area contributed by atoms with E-state index in [0.717, 1.165) is 18.6 Å². The Kier molecular flexibility index (Phi) is 6.35. The Bertz CT molecular complexity index is 811. The summed E-state index contributed by atoms with van der Waals surface area (Å²) in [4.78, 5) is 26.8. The minimum atomic E-state index is -0.494. The number of rotatable bonds is 5. The summed E-state index contributed by atoms with van der Waals surface area (Å²) in [5.74, 6) is 0.756. The van der Waals surface area contributed by atoms with Crippen LogP contribution in [0, 0.1) is 0 Å². The average molecular weight is 402 g/mol. The van der Waals surface area contributed by atoms with Crippen molar-refractivity contribution in [3.63, 3.8) is 0 Å². The minimum absolute atomic E-state index is 0.0361. The SMILES string of the molecule is CC(Cc1ccco1)NC(=O)c1cccn1C1CCN(C(=O)OC(C)(C)C)CC1. The number of likely N-dealkylation sites (tertiary alicyclic amines) is 1. The average Bonchev–Trinajstić information content (AvgIpc) is 3.31. The van der Waals surface area contributed by atoms with Gasteiger partial charge in [-0.1, -0.05) is 0 Å². The van der Waals surface area contributed by atoms with E-state index in [-0.39, 0.29) is 24.1 Å². The summed E-state index contributed by atoms with van der Waals surface area (Å²) >= 11 is 0. The first-order chi connectivity index (χ1) is 13.7. The van der Waals surface area contributed by atoms with Gasteiger partial charge in [0, 0.05) is 37.8 Å². The van der Waals surface area contributed by atoms with Gasteiger partial charge in [-0.2, -0.15) is 0 Å².